The van der Waals surface area contributed by atoms with Gasteiger partial charge in [-0.2, -0.15) is 0 Å². The first-order chi connectivity index (χ1) is 8.27. The van der Waals surface area contributed by atoms with Crippen molar-refractivity contribution in [1.82, 2.24) is 14.7 Å². The number of H-pyrrole nitrogens is 1. The van der Waals surface area contributed by atoms with Gasteiger partial charge in [-0.3, -0.25) is 4.79 Å². The first-order valence-corrected chi connectivity index (χ1v) is 6.94. The maximum absolute atomic E-state index is 11.9. The monoisotopic (exact) mass is 275 g/mol. The number of hydrogen-bond acceptors (Lipinski definition) is 5. The molecule has 0 fully saturated rings. The fourth-order valence-corrected chi connectivity index (χ4v) is 2.74. The number of carbonyl (C=O) groups excluding carboxylic acids is 1. The Kier molecular flexibility index (Phi) is 4.47. The van der Waals surface area contributed by atoms with E-state index in [1.54, 1.807) is 20.8 Å². The van der Waals surface area contributed by atoms with Gasteiger partial charge in [-0.25, -0.2) is 18.1 Å². The number of sulfonamides is 1. The molecule has 0 spiro atoms. The highest BCUT2D eigenvalue weighted by Gasteiger charge is 2.30. The van der Waals surface area contributed by atoms with Gasteiger partial charge in [-0.1, -0.05) is 0 Å². The number of nitrogens with zero attached hydrogens (tertiary/aromatic N) is 1. The van der Waals surface area contributed by atoms with Crippen LogP contribution in [0.5, 0.6) is 0 Å². The summed E-state index contributed by atoms with van der Waals surface area (Å²) >= 11 is 0. The maximum Gasteiger partial charge on any atom is 0.307 e. The minimum Gasteiger partial charge on any atom is -0.466 e. The van der Waals surface area contributed by atoms with Crippen LogP contribution < -0.4 is 4.72 Å². The van der Waals surface area contributed by atoms with E-state index >= 15 is 0 Å². The van der Waals surface area contributed by atoms with E-state index in [4.69, 9.17) is 4.74 Å². The minimum atomic E-state index is -3.76. The maximum atomic E-state index is 11.9. The second kappa shape index (κ2) is 5.49. The van der Waals surface area contributed by atoms with Gasteiger partial charge in [0.15, 0.2) is 0 Å². The molecular formula is C10H17N3O4S. The number of ether oxygens (including phenoxy) is 1. The van der Waals surface area contributed by atoms with Crippen LogP contribution in [0, 0.1) is 0 Å². The second-order valence-corrected chi connectivity index (χ2v) is 5.96. The molecule has 0 saturated carbocycles. The number of aromatic nitrogens is 2. The smallest absolute Gasteiger partial charge is 0.307 e. The van der Waals surface area contributed by atoms with Crippen molar-refractivity contribution >= 4 is 16.0 Å². The molecule has 0 amide bonds. The lowest BCUT2D eigenvalue weighted by molar-refractivity contribution is -0.144. The van der Waals surface area contributed by atoms with E-state index < -0.39 is 21.5 Å². The standard InChI is InChI=1S/C10H17N3O4S/c1-4-17-8(14)7-10(2,3)13-18(15,16)9-11-5-6-12-9/h5-6,13H,4,7H2,1-3H3,(H,11,12). The number of nitrogens with one attached hydrogen (secondary N) is 2. The third kappa shape index (κ3) is 4.11. The molecule has 0 aromatic carbocycles. The summed E-state index contributed by atoms with van der Waals surface area (Å²) in [6.07, 6.45) is 2.70. The summed E-state index contributed by atoms with van der Waals surface area (Å²) in [6.45, 7) is 5.16. The van der Waals surface area contributed by atoms with Crippen molar-refractivity contribution in [3.05, 3.63) is 12.4 Å². The van der Waals surface area contributed by atoms with E-state index in [-0.39, 0.29) is 18.2 Å². The summed E-state index contributed by atoms with van der Waals surface area (Å²) < 4.78 is 31.0. The molecule has 0 unspecified atom stereocenters. The van der Waals surface area contributed by atoms with E-state index in [0.717, 1.165) is 0 Å². The summed E-state index contributed by atoms with van der Waals surface area (Å²) in [6, 6.07) is 0. The minimum absolute atomic E-state index is 0.0548. The van der Waals surface area contributed by atoms with Crippen LogP contribution in [0.2, 0.25) is 0 Å². The zero-order valence-corrected chi connectivity index (χ0v) is 11.4. The zero-order valence-electron chi connectivity index (χ0n) is 10.6. The van der Waals surface area contributed by atoms with Gasteiger partial charge in [0.1, 0.15) is 0 Å². The third-order valence-electron chi connectivity index (χ3n) is 2.03. The zero-order chi connectivity index (χ0) is 13.8. The Balaban J connectivity index is 2.74. The van der Waals surface area contributed by atoms with E-state index in [2.05, 4.69) is 14.7 Å². The molecule has 102 valence electrons. The molecule has 0 radical (unpaired) electrons. The Morgan fingerprint density at radius 2 is 2.22 bits per heavy atom. The molecular weight excluding hydrogens is 258 g/mol. The summed E-state index contributed by atoms with van der Waals surface area (Å²) in [5, 5.41) is -0.181. The molecule has 1 heterocycles. The van der Waals surface area contributed by atoms with E-state index in [1.807, 2.05) is 0 Å². The highest BCUT2D eigenvalue weighted by atomic mass is 32.2. The normalized spacial score (nSPS) is 12.4. The van der Waals surface area contributed by atoms with Gasteiger partial charge in [0, 0.05) is 17.9 Å². The van der Waals surface area contributed by atoms with Crippen molar-refractivity contribution in [1.29, 1.82) is 0 Å². The number of imidazole rings is 1. The Morgan fingerprint density at radius 3 is 2.72 bits per heavy atom. The number of rotatable bonds is 6. The summed E-state index contributed by atoms with van der Waals surface area (Å²) in [7, 11) is -3.76. The van der Waals surface area contributed by atoms with Crippen molar-refractivity contribution in [3.8, 4) is 0 Å². The van der Waals surface area contributed by atoms with Crippen LogP contribution in [0.1, 0.15) is 27.2 Å². The first kappa shape index (κ1) is 14.7. The number of esters is 1. The van der Waals surface area contributed by atoms with Crippen molar-refractivity contribution in [2.75, 3.05) is 6.61 Å². The quantitative estimate of drug-likeness (QED) is 0.733. The van der Waals surface area contributed by atoms with Crippen LogP contribution in [0.4, 0.5) is 0 Å². The van der Waals surface area contributed by atoms with E-state index in [0.29, 0.717) is 0 Å². The lowest BCUT2D eigenvalue weighted by Gasteiger charge is -2.24. The Bertz CT molecular complexity index is 493. The van der Waals surface area contributed by atoms with Crippen molar-refractivity contribution in [2.24, 2.45) is 0 Å². The van der Waals surface area contributed by atoms with Crippen LogP contribution in [0.3, 0.4) is 0 Å². The molecule has 0 saturated heterocycles. The molecule has 0 bridgehead atoms. The summed E-state index contributed by atoms with van der Waals surface area (Å²) in [4.78, 5) is 17.5. The van der Waals surface area contributed by atoms with E-state index in [1.165, 1.54) is 12.4 Å². The van der Waals surface area contributed by atoms with Gasteiger partial charge in [0.25, 0.3) is 10.0 Å². The molecule has 0 aliphatic heterocycles. The average Bonchev–Trinajstić information content (AvgIpc) is 2.67. The average molecular weight is 275 g/mol. The number of aromatic amines is 1. The SMILES string of the molecule is CCOC(=O)CC(C)(C)NS(=O)(=O)c1ncc[nH]1. The fourth-order valence-electron chi connectivity index (χ4n) is 1.42. The Morgan fingerprint density at radius 1 is 1.56 bits per heavy atom. The second-order valence-electron chi connectivity index (χ2n) is 4.37. The van der Waals surface area contributed by atoms with Gasteiger partial charge < -0.3 is 9.72 Å². The van der Waals surface area contributed by atoms with Gasteiger partial charge in [0.2, 0.25) is 5.16 Å². The molecule has 2 N–H and O–H groups in total. The molecule has 18 heavy (non-hydrogen) atoms. The molecule has 0 aliphatic rings. The van der Waals surface area contributed by atoms with Crippen molar-refractivity contribution in [2.45, 2.75) is 37.9 Å². The molecule has 1 rings (SSSR count). The fraction of sp³-hybridized carbons (Fsp3) is 0.600. The van der Waals surface area contributed by atoms with Crippen LogP contribution in [-0.2, 0) is 19.6 Å². The Hall–Kier alpha value is -1.41. The Labute approximate surface area is 106 Å². The van der Waals surface area contributed by atoms with Crippen molar-refractivity contribution < 1.29 is 17.9 Å². The first-order valence-electron chi connectivity index (χ1n) is 5.46. The van der Waals surface area contributed by atoms with Crippen LogP contribution >= 0.6 is 0 Å². The predicted molar refractivity (Wildman–Crippen MR) is 64.2 cm³/mol. The lowest BCUT2D eigenvalue weighted by Crippen LogP contribution is -2.45. The summed E-state index contributed by atoms with van der Waals surface area (Å²) in [5.41, 5.74) is -0.947. The van der Waals surface area contributed by atoms with Crippen LogP contribution in [0.25, 0.3) is 0 Å². The topological polar surface area (TPSA) is 101 Å². The summed E-state index contributed by atoms with van der Waals surface area (Å²) in [5.74, 6) is -0.454. The molecule has 0 aliphatic carbocycles. The molecule has 8 heteroatoms. The van der Waals surface area contributed by atoms with Gasteiger partial charge in [0.05, 0.1) is 13.0 Å². The third-order valence-corrected chi connectivity index (χ3v) is 3.58. The predicted octanol–water partition coefficient (Wildman–Crippen LogP) is 0.420. The molecule has 1 aromatic heterocycles. The van der Waals surface area contributed by atoms with E-state index in [9.17, 15) is 13.2 Å². The number of hydrogen-bond donors (Lipinski definition) is 2. The highest BCUT2D eigenvalue weighted by molar-refractivity contribution is 7.89. The van der Waals surface area contributed by atoms with Gasteiger partial charge in [-0.05, 0) is 20.8 Å². The molecule has 0 atom stereocenters. The number of carbonyl (C=O) groups is 1. The highest BCUT2D eigenvalue weighted by Crippen LogP contribution is 2.13. The van der Waals surface area contributed by atoms with Crippen LogP contribution in [-0.4, -0.2) is 36.5 Å². The van der Waals surface area contributed by atoms with Crippen molar-refractivity contribution in [3.63, 3.8) is 0 Å². The largest absolute Gasteiger partial charge is 0.466 e. The van der Waals surface area contributed by atoms with Crippen LogP contribution in [0.15, 0.2) is 17.6 Å². The lowest BCUT2D eigenvalue weighted by atomic mass is 10.0. The molecule has 7 nitrogen and oxygen atoms in total. The van der Waals surface area contributed by atoms with Gasteiger partial charge >= 0.3 is 5.97 Å². The molecule has 1 aromatic rings. The van der Waals surface area contributed by atoms with Gasteiger partial charge in [-0.15, -0.1) is 0 Å².